The Hall–Kier alpha value is -0.0800. The summed E-state index contributed by atoms with van der Waals surface area (Å²) in [5, 5.41) is 3.34. The monoisotopic (exact) mass is 183 g/mol. The maximum atomic E-state index is 5.39. The van der Waals surface area contributed by atoms with Crippen LogP contribution in [-0.4, -0.2) is 19.6 Å². The molecule has 1 saturated carbocycles. The van der Waals surface area contributed by atoms with Gasteiger partial charge in [0.25, 0.3) is 0 Å². The fourth-order valence-electron chi connectivity index (χ4n) is 1.99. The molecule has 0 spiro atoms. The van der Waals surface area contributed by atoms with Crippen molar-refractivity contribution in [3.8, 4) is 0 Å². The van der Waals surface area contributed by atoms with E-state index in [2.05, 4.69) is 5.32 Å². The highest BCUT2D eigenvalue weighted by atomic mass is 14.9. The molecule has 1 radical (unpaired) electrons. The van der Waals surface area contributed by atoms with Gasteiger partial charge in [0.1, 0.15) is 0 Å². The second kappa shape index (κ2) is 7.34. The van der Waals surface area contributed by atoms with Crippen molar-refractivity contribution in [3.63, 3.8) is 0 Å². The SMILES string of the molecule is NCCNCCC[C]1CCCCC1. The first-order chi connectivity index (χ1) is 6.43. The van der Waals surface area contributed by atoms with Crippen molar-refractivity contribution in [3.05, 3.63) is 5.92 Å². The van der Waals surface area contributed by atoms with E-state index in [9.17, 15) is 0 Å². The molecule has 1 aliphatic carbocycles. The standard InChI is InChI=1S/C11H23N2/c12-8-10-13-9-4-7-11-5-2-1-3-6-11/h13H,1-10,12H2. The molecule has 77 valence electrons. The lowest BCUT2D eigenvalue weighted by Crippen LogP contribution is -2.23. The maximum Gasteiger partial charge on any atom is 0.00745 e. The van der Waals surface area contributed by atoms with Gasteiger partial charge in [-0.2, -0.15) is 0 Å². The molecule has 0 atom stereocenters. The summed E-state index contributed by atoms with van der Waals surface area (Å²) in [4.78, 5) is 0. The van der Waals surface area contributed by atoms with Gasteiger partial charge in [0.2, 0.25) is 0 Å². The van der Waals surface area contributed by atoms with E-state index in [4.69, 9.17) is 5.73 Å². The smallest absolute Gasteiger partial charge is 0.00745 e. The fourth-order valence-corrected chi connectivity index (χ4v) is 1.99. The van der Waals surface area contributed by atoms with Gasteiger partial charge in [-0.15, -0.1) is 0 Å². The van der Waals surface area contributed by atoms with Crippen LogP contribution >= 0.6 is 0 Å². The zero-order valence-electron chi connectivity index (χ0n) is 8.65. The Morgan fingerprint density at radius 2 is 1.85 bits per heavy atom. The number of rotatable bonds is 6. The Morgan fingerprint density at radius 1 is 1.08 bits per heavy atom. The van der Waals surface area contributed by atoms with Crippen LogP contribution < -0.4 is 11.1 Å². The summed E-state index contributed by atoms with van der Waals surface area (Å²) in [7, 11) is 0. The average Bonchev–Trinajstić information content (AvgIpc) is 2.19. The van der Waals surface area contributed by atoms with Crippen molar-refractivity contribution in [2.45, 2.75) is 44.9 Å². The van der Waals surface area contributed by atoms with Crippen LogP contribution in [0.4, 0.5) is 0 Å². The van der Waals surface area contributed by atoms with E-state index >= 15 is 0 Å². The van der Waals surface area contributed by atoms with Crippen LogP contribution in [0.3, 0.4) is 0 Å². The van der Waals surface area contributed by atoms with Crippen molar-refractivity contribution in [1.82, 2.24) is 5.32 Å². The van der Waals surface area contributed by atoms with E-state index in [0.29, 0.717) is 0 Å². The molecule has 0 amide bonds. The maximum absolute atomic E-state index is 5.39. The van der Waals surface area contributed by atoms with Gasteiger partial charge in [0.05, 0.1) is 0 Å². The molecule has 2 heteroatoms. The highest BCUT2D eigenvalue weighted by Gasteiger charge is 2.12. The van der Waals surface area contributed by atoms with Gasteiger partial charge >= 0.3 is 0 Å². The molecule has 0 aromatic rings. The largest absolute Gasteiger partial charge is 0.329 e. The molecular formula is C11H23N2. The fraction of sp³-hybridized carbons (Fsp3) is 0.909. The summed E-state index contributed by atoms with van der Waals surface area (Å²) < 4.78 is 0. The van der Waals surface area contributed by atoms with Crippen LogP contribution in [0.1, 0.15) is 44.9 Å². The van der Waals surface area contributed by atoms with E-state index in [0.717, 1.165) is 19.6 Å². The number of hydrogen-bond acceptors (Lipinski definition) is 2. The zero-order chi connectivity index (χ0) is 9.36. The van der Waals surface area contributed by atoms with Crippen molar-refractivity contribution >= 4 is 0 Å². The Kier molecular flexibility index (Phi) is 6.21. The van der Waals surface area contributed by atoms with E-state index in [-0.39, 0.29) is 0 Å². The lowest BCUT2D eigenvalue weighted by molar-refractivity contribution is 0.491. The molecule has 0 bridgehead atoms. The summed E-state index contributed by atoms with van der Waals surface area (Å²) in [6.07, 6.45) is 9.77. The second-order valence-corrected chi connectivity index (χ2v) is 3.95. The molecule has 0 aromatic carbocycles. The number of hydrogen-bond donors (Lipinski definition) is 2. The van der Waals surface area contributed by atoms with Crippen LogP contribution in [0.25, 0.3) is 0 Å². The van der Waals surface area contributed by atoms with Gasteiger partial charge in [0.15, 0.2) is 0 Å². The third-order valence-electron chi connectivity index (χ3n) is 2.77. The Bertz CT molecular complexity index is 109. The van der Waals surface area contributed by atoms with Crippen molar-refractivity contribution in [2.24, 2.45) is 5.73 Å². The average molecular weight is 183 g/mol. The summed E-state index contributed by atoms with van der Waals surface area (Å²) in [6, 6.07) is 0. The minimum Gasteiger partial charge on any atom is -0.329 e. The Morgan fingerprint density at radius 3 is 2.54 bits per heavy atom. The quantitative estimate of drug-likeness (QED) is 0.617. The van der Waals surface area contributed by atoms with Crippen LogP contribution in [0.15, 0.2) is 0 Å². The lowest BCUT2D eigenvalue weighted by Gasteiger charge is -2.20. The van der Waals surface area contributed by atoms with E-state index in [1.54, 1.807) is 5.92 Å². The topological polar surface area (TPSA) is 38.0 Å². The summed E-state index contributed by atoms with van der Waals surface area (Å²) in [5.41, 5.74) is 5.39. The van der Waals surface area contributed by atoms with Gasteiger partial charge in [-0.05, 0) is 38.1 Å². The summed E-state index contributed by atoms with van der Waals surface area (Å²) in [6.45, 7) is 2.87. The molecule has 13 heavy (non-hydrogen) atoms. The first-order valence-corrected chi connectivity index (χ1v) is 5.68. The number of nitrogens with one attached hydrogen (secondary N) is 1. The molecule has 2 nitrogen and oxygen atoms in total. The molecule has 1 aliphatic rings. The minimum absolute atomic E-state index is 0.760. The molecule has 3 N–H and O–H groups in total. The highest BCUT2D eigenvalue weighted by molar-refractivity contribution is 4.91. The van der Waals surface area contributed by atoms with Crippen molar-refractivity contribution in [1.29, 1.82) is 0 Å². The van der Waals surface area contributed by atoms with Gasteiger partial charge in [0, 0.05) is 13.1 Å². The van der Waals surface area contributed by atoms with E-state index in [1.165, 1.54) is 44.9 Å². The van der Waals surface area contributed by atoms with E-state index < -0.39 is 0 Å². The van der Waals surface area contributed by atoms with Crippen LogP contribution in [0.5, 0.6) is 0 Å². The van der Waals surface area contributed by atoms with Crippen LogP contribution in [0, 0.1) is 5.92 Å². The van der Waals surface area contributed by atoms with Crippen molar-refractivity contribution < 1.29 is 0 Å². The molecule has 1 fully saturated rings. The van der Waals surface area contributed by atoms with Gasteiger partial charge in [-0.1, -0.05) is 19.3 Å². The molecule has 0 heterocycles. The normalized spacial score (nSPS) is 19.2. The summed E-state index contributed by atoms with van der Waals surface area (Å²) >= 11 is 0. The molecule has 0 unspecified atom stereocenters. The molecule has 1 rings (SSSR count). The molecule has 0 saturated heterocycles. The van der Waals surface area contributed by atoms with Crippen LogP contribution in [0.2, 0.25) is 0 Å². The molecule has 0 aromatic heterocycles. The van der Waals surface area contributed by atoms with Gasteiger partial charge < -0.3 is 11.1 Å². The van der Waals surface area contributed by atoms with E-state index in [1.807, 2.05) is 0 Å². The first-order valence-electron chi connectivity index (χ1n) is 5.68. The third-order valence-corrected chi connectivity index (χ3v) is 2.77. The highest BCUT2D eigenvalue weighted by Crippen LogP contribution is 2.28. The van der Waals surface area contributed by atoms with Gasteiger partial charge in [-0.3, -0.25) is 0 Å². The Labute approximate surface area is 82.3 Å². The lowest BCUT2D eigenvalue weighted by atomic mass is 9.86. The van der Waals surface area contributed by atoms with Crippen molar-refractivity contribution in [2.75, 3.05) is 19.6 Å². The zero-order valence-corrected chi connectivity index (χ0v) is 8.65. The summed E-state index contributed by atoms with van der Waals surface area (Å²) in [5.74, 6) is 1.81. The molecule has 0 aliphatic heterocycles. The first kappa shape index (κ1) is 11.0. The third kappa shape index (κ3) is 5.27. The molecular weight excluding hydrogens is 160 g/mol. The number of nitrogens with two attached hydrogens (primary N) is 1. The Balaban J connectivity index is 1.86. The predicted molar refractivity (Wildman–Crippen MR) is 57.5 cm³/mol. The minimum atomic E-state index is 0.760. The van der Waals surface area contributed by atoms with Crippen LogP contribution in [-0.2, 0) is 0 Å². The predicted octanol–water partition coefficient (Wildman–Crippen LogP) is 1.85. The van der Waals surface area contributed by atoms with Gasteiger partial charge in [-0.25, -0.2) is 0 Å². The second-order valence-electron chi connectivity index (χ2n) is 3.95.